The van der Waals surface area contributed by atoms with Gasteiger partial charge in [-0.05, 0) is 31.2 Å². The van der Waals surface area contributed by atoms with Crippen LogP contribution in [0, 0.1) is 11.8 Å². The van der Waals surface area contributed by atoms with Crippen molar-refractivity contribution in [2.24, 2.45) is 17.6 Å². The lowest BCUT2D eigenvalue weighted by Crippen LogP contribution is -2.05. The maximum atomic E-state index is 5.48. The first-order valence-electron chi connectivity index (χ1n) is 6.40. The topological polar surface area (TPSA) is 26.0 Å². The van der Waals surface area contributed by atoms with E-state index in [0.717, 1.165) is 18.4 Å². The normalized spacial score (nSPS) is 15.4. The van der Waals surface area contributed by atoms with Crippen LogP contribution in [0.25, 0.3) is 0 Å². The Morgan fingerprint density at radius 3 is 2.00 bits per heavy atom. The molecule has 0 spiro atoms. The van der Waals surface area contributed by atoms with Crippen LogP contribution in [0.15, 0.2) is 0 Å². The fourth-order valence-electron chi connectivity index (χ4n) is 2.11. The van der Waals surface area contributed by atoms with Gasteiger partial charge in [-0.1, -0.05) is 52.9 Å². The van der Waals surface area contributed by atoms with E-state index in [-0.39, 0.29) is 0 Å². The van der Waals surface area contributed by atoms with Crippen LogP contribution in [0.4, 0.5) is 0 Å². The second-order valence-corrected chi connectivity index (χ2v) is 4.87. The second-order valence-electron chi connectivity index (χ2n) is 4.87. The van der Waals surface area contributed by atoms with Crippen molar-refractivity contribution in [3.8, 4) is 0 Å². The highest BCUT2D eigenvalue weighted by atomic mass is 14.5. The molecule has 1 unspecified atom stereocenters. The van der Waals surface area contributed by atoms with Gasteiger partial charge in [-0.3, -0.25) is 0 Å². The monoisotopic (exact) mass is 199 g/mol. The summed E-state index contributed by atoms with van der Waals surface area (Å²) in [5, 5.41) is 0. The lowest BCUT2D eigenvalue weighted by Gasteiger charge is -2.16. The molecule has 0 saturated carbocycles. The third-order valence-electron chi connectivity index (χ3n) is 3.01. The predicted molar refractivity (Wildman–Crippen MR) is 65.4 cm³/mol. The lowest BCUT2D eigenvalue weighted by atomic mass is 9.90. The molecule has 0 rings (SSSR count). The number of rotatable bonds is 9. The molecule has 0 aliphatic rings. The van der Waals surface area contributed by atoms with E-state index in [4.69, 9.17) is 5.73 Å². The third-order valence-corrected chi connectivity index (χ3v) is 3.01. The van der Waals surface area contributed by atoms with Gasteiger partial charge >= 0.3 is 0 Å². The van der Waals surface area contributed by atoms with Crippen molar-refractivity contribution in [3.05, 3.63) is 0 Å². The average Bonchev–Trinajstić information content (AvgIpc) is 2.15. The summed E-state index contributed by atoms with van der Waals surface area (Å²) < 4.78 is 0. The molecule has 0 aromatic rings. The van der Waals surface area contributed by atoms with Crippen LogP contribution in [0.5, 0.6) is 0 Å². The van der Waals surface area contributed by atoms with E-state index in [1.54, 1.807) is 0 Å². The highest BCUT2D eigenvalue weighted by molar-refractivity contribution is 4.60. The van der Waals surface area contributed by atoms with Crippen LogP contribution >= 0.6 is 0 Å². The number of unbranched alkanes of at least 4 members (excludes halogenated alkanes) is 2. The van der Waals surface area contributed by atoms with Crippen molar-refractivity contribution in [2.75, 3.05) is 6.54 Å². The zero-order chi connectivity index (χ0) is 10.8. The summed E-state index contributed by atoms with van der Waals surface area (Å²) in [6, 6.07) is 0. The van der Waals surface area contributed by atoms with Gasteiger partial charge < -0.3 is 5.73 Å². The molecule has 0 saturated heterocycles. The minimum Gasteiger partial charge on any atom is -0.330 e. The summed E-state index contributed by atoms with van der Waals surface area (Å²) in [5.74, 6) is 1.82. The fourth-order valence-corrected chi connectivity index (χ4v) is 2.11. The molecule has 1 nitrogen and oxygen atoms in total. The maximum Gasteiger partial charge on any atom is -0.00773 e. The first kappa shape index (κ1) is 14.0. The Morgan fingerprint density at radius 2 is 1.50 bits per heavy atom. The summed E-state index contributed by atoms with van der Waals surface area (Å²) in [6.07, 6.45) is 9.45. The van der Waals surface area contributed by atoms with E-state index in [9.17, 15) is 0 Å². The van der Waals surface area contributed by atoms with Crippen molar-refractivity contribution in [1.82, 2.24) is 0 Å². The molecule has 0 radical (unpaired) electrons. The molecule has 1 heteroatoms. The lowest BCUT2D eigenvalue weighted by molar-refractivity contribution is 0.362. The molecule has 0 aliphatic carbocycles. The van der Waals surface area contributed by atoms with Crippen LogP contribution < -0.4 is 5.73 Å². The Labute approximate surface area is 90.5 Å². The molecule has 0 aliphatic heterocycles. The highest BCUT2D eigenvalue weighted by Crippen LogP contribution is 2.21. The zero-order valence-electron chi connectivity index (χ0n) is 10.4. The quantitative estimate of drug-likeness (QED) is 0.559. The van der Waals surface area contributed by atoms with Crippen molar-refractivity contribution in [3.63, 3.8) is 0 Å². The van der Waals surface area contributed by atoms with Crippen LogP contribution in [0.3, 0.4) is 0 Å². The molecule has 2 atom stereocenters. The van der Waals surface area contributed by atoms with Crippen LogP contribution in [-0.2, 0) is 0 Å². The van der Waals surface area contributed by atoms with Gasteiger partial charge in [-0.15, -0.1) is 0 Å². The molecule has 0 amide bonds. The highest BCUT2D eigenvalue weighted by Gasteiger charge is 2.07. The summed E-state index contributed by atoms with van der Waals surface area (Å²) in [6.45, 7) is 7.92. The molecule has 86 valence electrons. The average molecular weight is 199 g/mol. The van der Waals surface area contributed by atoms with Gasteiger partial charge in [0.25, 0.3) is 0 Å². The van der Waals surface area contributed by atoms with Crippen LogP contribution in [-0.4, -0.2) is 6.54 Å². The summed E-state index contributed by atoms with van der Waals surface area (Å²) in [5.41, 5.74) is 5.48. The standard InChI is InChI=1S/C13H29N/c1-4-5-8-12(2)11-13(3)9-6-7-10-14/h12-13H,4-11,14H2,1-3H3/t12?,13-/m0/s1. The van der Waals surface area contributed by atoms with Crippen molar-refractivity contribution >= 4 is 0 Å². The van der Waals surface area contributed by atoms with Gasteiger partial charge in [-0.25, -0.2) is 0 Å². The van der Waals surface area contributed by atoms with Gasteiger partial charge in [0.1, 0.15) is 0 Å². The van der Waals surface area contributed by atoms with Crippen molar-refractivity contribution in [2.45, 2.75) is 65.7 Å². The fraction of sp³-hybridized carbons (Fsp3) is 1.00. The van der Waals surface area contributed by atoms with Crippen molar-refractivity contribution < 1.29 is 0 Å². The van der Waals surface area contributed by atoms with Gasteiger partial charge in [0, 0.05) is 0 Å². The van der Waals surface area contributed by atoms with E-state index >= 15 is 0 Å². The molecule has 0 heterocycles. The van der Waals surface area contributed by atoms with E-state index in [1.165, 1.54) is 44.9 Å². The Bertz CT molecular complexity index is 112. The molecule has 0 bridgehead atoms. The minimum atomic E-state index is 0.859. The Balaban J connectivity index is 3.35. The largest absolute Gasteiger partial charge is 0.330 e. The summed E-state index contributed by atoms with van der Waals surface area (Å²) in [7, 11) is 0. The molecule has 0 aromatic carbocycles. The van der Waals surface area contributed by atoms with Gasteiger partial charge in [0.05, 0.1) is 0 Å². The Kier molecular flexibility index (Phi) is 9.49. The van der Waals surface area contributed by atoms with E-state index in [0.29, 0.717) is 0 Å². The molecular weight excluding hydrogens is 170 g/mol. The van der Waals surface area contributed by atoms with Crippen LogP contribution in [0.2, 0.25) is 0 Å². The molecular formula is C13H29N. The van der Waals surface area contributed by atoms with Gasteiger partial charge in [-0.2, -0.15) is 0 Å². The molecule has 0 fully saturated rings. The third kappa shape index (κ3) is 8.55. The zero-order valence-corrected chi connectivity index (χ0v) is 10.4. The van der Waals surface area contributed by atoms with Crippen molar-refractivity contribution in [1.29, 1.82) is 0 Å². The van der Waals surface area contributed by atoms with Gasteiger partial charge in [0.2, 0.25) is 0 Å². The second kappa shape index (κ2) is 9.51. The maximum absolute atomic E-state index is 5.48. The minimum absolute atomic E-state index is 0.859. The van der Waals surface area contributed by atoms with Crippen LogP contribution in [0.1, 0.15) is 65.7 Å². The Morgan fingerprint density at radius 1 is 0.929 bits per heavy atom. The van der Waals surface area contributed by atoms with Gasteiger partial charge in [0.15, 0.2) is 0 Å². The molecule has 14 heavy (non-hydrogen) atoms. The first-order chi connectivity index (χ1) is 6.70. The molecule has 0 aromatic heterocycles. The van der Waals surface area contributed by atoms with E-state index in [1.807, 2.05) is 0 Å². The summed E-state index contributed by atoms with van der Waals surface area (Å²) in [4.78, 5) is 0. The molecule has 2 N–H and O–H groups in total. The first-order valence-corrected chi connectivity index (χ1v) is 6.40. The number of nitrogens with two attached hydrogens (primary N) is 1. The summed E-state index contributed by atoms with van der Waals surface area (Å²) >= 11 is 0. The predicted octanol–water partition coefficient (Wildman–Crippen LogP) is 3.97. The van der Waals surface area contributed by atoms with E-state index in [2.05, 4.69) is 20.8 Å². The smallest absolute Gasteiger partial charge is 0.00773 e. The Hall–Kier alpha value is -0.0400. The van der Waals surface area contributed by atoms with E-state index < -0.39 is 0 Å². The number of hydrogen-bond acceptors (Lipinski definition) is 1. The number of hydrogen-bond donors (Lipinski definition) is 1. The SMILES string of the molecule is CCCCC(C)C[C@@H](C)CCCCN.